The molecule has 3 aliphatic rings. The number of hydrogen-bond acceptors (Lipinski definition) is 6. The molecule has 3 heterocycles. The zero-order valence-corrected chi connectivity index (χ0v) is 19.5. The second kappa shape index (κ2) is 9.43. The van der Waals surface area contributed by atoms with Gasteiger partial charge in [-0.25, -0.2) is 0 Å². The summed E-state index contributed by atoms with van der Waals surface area (Å²) >= 11 is 0. The molecule has 8 heteroatoms. The van der Waals surface area contributed by atoms with E-state index in [1.54, 1.807) is 6.92 Å². The van der Waals surface area contributed by atoms with Crippen molar-refractivity contribution in [1.82, 2.24) is 10.2 Å². The van der Waals surface area contributed by atoms with E-state index in [9.17, 15) is 19.5 Å². The molecule has 180 valence electrons. The number of fused-ring (bicyclic) bond motifs is 1. The number of amides is 2. The molecule has 2 amide bonds. The Bertz CT molecular complexity index is 890. The highest BCUT2D eigenvalue weighted by Gasteiger charge is 2.75. The third-order valence-electron chi connectivity index (χ3n) is 7.20. The molecule has 4 rings (SSSR count). The fourth-order valence-corrected chi connectivity index (χ4v) is 5.99. The summed E-state index contributed by atoms with van der Waals surface area (Å²) in [4.78, 5) is 41.8. The van der Waals surface area contributed by atoms with Crippen molar-refractivity contribution in [2.24, 2.45) is 17.8 Å². The van der Waals surface area contributed by atoms with Crippen LogP contribution in [0.25, 0.3) is 0 Å². The van der Waals surface area contributed by atoms with Gasteiger partial charge < -0.3 is 24.8 Å². The van der Waals surface area contributed by atoms with E-state index in [0.717, 1.165) is 5.56 Å². The van der Waals surface area contributed by atoms with Crippen LogP contribution in [0.15, 0.2) is 30.3 Å². The second-order valence-electron chi connectivity index (χ2n) is 9.72. The number of nitrogens with zero attached hydrogens (tertiary/aromatic N) is 1. The normalized spacial score (nSPS) is 31.1. The van der Waals surface area contributed by atoms with Crippen LogP contribution in [-0.4, -0.2) is 64.8 Å². The van der Waals surface area contributed by atoms with Crippen molar-refractivity contribution in [3.8, 4) is 0 Å². The first-order chi connectivity index (χ1) is 15.8. The molecule has 1 aromatic rings. The minimum Gasteiger partial charge on any atom is -0.466 e. The van der Waals surface area contributed by atoms with Gasteiger partial charge in [0.2, 0.25) is 11.8 Å². The largest absolute Gasteiger partial charge is 0.466 e. The summed E-state index contributed by atoms with van der Waals surface area (Å²) < 4.78 is 11.6. The molecule has 2 N–H and O–H groups in total. The summed E-state index contributed by atoms with van der Waals surface area (Å²) in [5.74, 6) is -2.35. The van der Waals surface area contributed by atoms with Crippen LogP contribution in [0, 0.1) is 17.8 Å². The Morgan fingerprint density at radius 2 is 2.03 bits per heavy atom. The van der Waals surface area contributed by atoms with Crippen LogP contribution >= 0.6 is 0 Å². The number of carbonyl (C=O) groups is 3. The lowest BCUT2D eigenvalue weighted by atomic mass is 9.71. The van der Waals surface area contributed by atoms with Gasteiger partial charge in [0.05, 0.1) is 37.2 Å². The van der Waals surface area contributed by atoms with Crippen LogP contribution < -0.4 is 5.32 Å². The van der Waals surface area contributed by atoms with Crippen molar-refractivity contribution < 1.29 is 29.0 Å². The summed E-state index contributed by atoms with van der Waals surface area (Å²) in [5, 5.41) is 13.2. The SMILES string of the molecule is CCOC(=O)[C@@H]1[C@@H]2CC[C@]3(O2)[C@H](C(=O)NCc2ccccc2)N([C@@H](CO)CC(C)C)C(=O)[C@@H]13. The van der Waals surface area contributed by atoms with E-state index in [4.69, 9.17) is 9.47 Å². The van der Waals surface area contributed by atoms with Crippen LogP contribution in [0.4, 0.5) is 0 Å². The molecule has 0 aromatic heterocycles. The van der Waals surface area contributed by atoms with E-state index >= 15 is 0 Å². The predicted molar refractivity (Wildman–Crippen MR) is 120 cm³/mol. The van der Waals surface area contributed by atoms with Crippen molar-refractivity contribution in [3.63, 3.8) is 0 Å². The molecule has 3 saturated heterocycles. The number of ether oxygens (including phenoxy) is 2. The summed E-state index contributed by atoms with van der Waals surface area (Å²) in [6.07, 6.45) is 1.23. The van der Waals surface area contributed by atoms with Crippen LogP contribution in [0.3, 0.4) is 0 Å². The van der Waals surface area contributed by atoms with Gasteiger partial charge in [-0.2, -0.15) is 0 Å². The van der Waals surface area contributed by atoms with E-state index in [0.29, 0.717) is 25.8 Å². The molecule has 0 saturated carbocycles. The Hall–Kier alpha value is -2.45. The molecule has 0 unspecified atom stereocenters. The topological polar surface area (TPSA) is 105 Å². The minimum atomic E-state index is -1.08. The number of aliphatic hydroxyl groups excluding tert-OH is 1. The number of likely N-dealkylation sites (tertiary alicyclic amines) is 1. The number of benzene rings is 1. The lowest BCUT2D eigenvalue weighted by Gasteiger charge is -2.37. The molecule has 3 aliphatic heterocycles. The van der Waals surface area contributed by atoms with Crippen LogP contribution in [0.2, 0.25) is 0 Å². The standard InChI is InChI=1S/C25H34N2O6/c1-4-32-24(31)19-18-10-11-25(33-18)20(19)23(30)27(17(14-28)12-15(2)3)21(25)22(29)26-13-16-8-6-5-7-9-16/h5-9,15,17-21,28H,4,10-14H2,1-3H3,(H,26,29)/t17-,18+,19-,20-,21+,25-/m1/s1. The summed E-state index contributed by atoms with van der Waals surface area (Å²) in [7, 11) is 0. The molecular weight excluding hydrogens is 424 g/mol. The van der Waals surface area contributed by atoms with Gasteiger partial charge in [-0.05, 0) is 37.7 Å². The van der Waals surface area contributed by atoms with Crippen LogP contribution in [-0.2, 0) is 30.4 Å². The highest BCUT2D eigenvalue weighted by atomic mass is 16.6. The third kappa shape index (κ3) is 4.04. The summed E-state index contributed by atoms with van der Waals surface area (Å²) in [6.45, 7) is 6.02. The average Bonchev–Trinajstić information content (AvgIpc) is 3.44. The predicted octanol–water partition coefficient (Wildman–Crippen LogP) is 1.65. The van der Waals surface area contributed by atoms with Gasteiger partial charge in [0.25, 0.3) is 0 Å². The zero-order chi connectivity index (χ0) is 23.8. The van der Waals surface area contributed by atoms with E-state index in [1.807, 2.05) is 44.2 Å². The fraction of sp³-hybridized carbons (Fsp3) is 0.640. The Balaban J connectivity index is 1.68. The highest BCUT2D eigenvalue weighted by Crippen LogP contribution is 2.59. The molecule has 0 radical (unpaired) electrons. The Labute approximate surface area is 194 Å². The molecule has 1 aromatic carbocycles. The van der Waals surface area contributed by atoms with Gasteiger partial charge in [-0.3, -0.25) is 14.4 Å². The second-order valence-corrected chi connectivity index (χ2v) is 9.72. The zero-order valence-electron chi connectivity index (χ0n) is 19.5. The molecule has 0 aliphatic carbocycles. The van der Waals surface area contributed by atoms with Gasteiger partial charge in [0.15, 0.2) is 0 Å². The van der Waals surface area contributed by atoms with Crippen molar-refractivity contribution in [3.05, 3.63) is 35.9 Å². The van der Waals surface area contributed by atoms with Gasteiger partial charge in [-0.15, -0.1) is 0 Å². The molecule has 33 heavy (non-hydrogen) atoms. The number of carbonyl (C=O) groups excluding carboxylic acids is 3. The number of esters is 1. The molecule has 1 spiro atoms. The van der Waals surface area contributed by atoms with Crippen molar-refractivity contribution in [1.29, 1.82) is 0 Å². The number of hydrogen-bond donors (Lipinski definition) is 2. The maximum atomic E-state index is 13.8. The number of rotatable bonds is 9. The maximum Gasteiger partial charge on any atom is 0.312 e. The van der Waals surface area contributed by atoms with Crippen molar-refractivity contribution in [2.75, 3.05) is 13.2 Å². The van der Waals surface area contributed by atoms with E-state index in [-0.39, 0.29) is 30.9 Å². The fourth-order valence-electron chi connectivity index (χ4n) is 5.99. The molecule has 6 atom stereocenters. The van der Waals surface area contributed by atoms with E-state index in [1.165, 1.54) is 4.90 Å². The number of nitrogens with one attached hydrogen (secondary N) is 1. The molecule has 3 fully saturated rings. The summed E-state index contributed by atoms with van der Waals surface area (Å²) in [5.41, 5.74) is -0.137. The Kier molecular flexibility index (Phi) is 6.77. The quantitative estimate of drug-likeness (QED) is 0.545. The first kappa shape index (κ1) is 23.7. The third-order valence-corrected chi connectivity index (χ3v) is 7.20. The summed E-state index contributed by atoms with van der Waals surface area (Å²) in [6, 6.07) is 8.11. The Morgan fingerprint density at radius 1 is 1.30 bits per heavy atom. The van der Waals surface area contributed by atoms with Crippen molar-refractivity contribution in [2.45, 2.75) is 70.4 Å². The first-order valence-corrected chi connectivity index (χ1v) is 11.9. The van der Waals surface area contributed by atoms with Crippen LogP contribution in [0.1, 0.15) is 45.6 Å². The maximum absolute atomic E-state index is 13.8. The van der Waals surface area contributed by atoms with Gasteiger partial charge in [-0.1, -0.05) is 44.2 Å². The number of aliphatic hydroxyl groups is 1. The highest BCUT2D eigenvalue weighted by molar-refractivity contribution is 5.98. The van der Waals surface area contributed by atoms with Gasteiger partial charge in [0.1, 0.15) is 11.6 Å². The smallest absolute Gasteiger partial charge is 0.312 e. The van der Waals surface area contributed by atoms with E-state index < -0.39 is 41.6 Å². The van der Waals surface area contributed by atoms with Gasteiger partial charge >= 0.3 is 5.97 Å². The lowest BCUT2D eigenvalue weighted by molar-refractivity contribution is -0.155. The minimum absolute atomic E-state index is 0.207. The van der Waals surface area contributed by atoms with Gasteiger partial charge in [0, 0.05) is 6.54 Å². The first-order valence-electron chi connectivity index (χ1n) is 11.9. The molecular formula is C25H34N2O6. The van der Waals surface area contributed by atoms with Crippen molar-refractivity contribution >= 4 is 17.8 Å². The van der Waals surface area contributed by atoms with Crippen LogP contribution in [0.5, 0.6) is 0 Å². The molecule has 8 nitrogen and oxygen atoms in total. The molecule has 2 bridgehead atoms. The average molecular weight is 459 g/mol. The lowest BCUT2D eigenvalue weighted by Crippen LogP contribution is -2.58. The monoisotopic (exact) mass is 458 g/mol. The Morgan fingerprint density at radius 3 is 2.67 bits per heavy atom. The van der Waals surface area contributed by atoms with E-state index in [2.05, 4.69) is 5.32 Å².